The number of anilines is 1. The van der Waals surface area contributed by atoms with E-state index in [-0.39, 0.29) is 18.0 Å². The fourth-order valence-electron chi connectivity index (χ4n) is 2.86. The summed E-state index contributed by atoms with van der Waals surface area (Å²) in [7, 11) is 0. The zero-order valence-corrected chi connectivity index (χ0v) is 14.6. The molecule has 3 heterocycles. The highest BCUT2D eigenvalue weighted by Crippen LogP contribution is 2.35. The number of thiazole rings is 1. The van der Waals surface area contributed by atoms with Gasteiger partial charge in [0.2, 0.25) is 0 Å². The number of rotatable bonds is 4. The van der Waals surface area contributed by atoms with E-state index < -0.39 is 11.8 Å². The highest BCUT2D eigenvalue weighted by Gasteiger charge is 2.27. The summed E-state index contributed by atoms with van der Waals surface area (Å²) in [5.74, 6) is -0.401. The summed E-state index contributed by atoms with van der Waals surface area (Å²) in [5.41, 5.74) is 0.359. The molecule has 2 aromatic heterocycles. The van der Waals surface area contributed by atoms with Gasteiger partial charge in [0.1, 0.15) is 16.3 Å². The van der Waals surface area contributed by atoms with E-state index in [9.17, 15) is 9.18 Å². The molecule has 0 aromatic carbocycles. The van der Waals surface area contributed by atoms with Crippen LogP contribution in [0.3, 0.4) is 0 Å². The van der Waals surface area contributed by atoms with Crippen LogP contribution in [0.25, 0.3) is 11.4 Å². The van der Waals surface area contributed by atoms with E-state index in [1.54, 1.807) is 6.92 Å². The topological polar surface area (TPSA) is 55.3 Å². The van der Waals surface area contributed by atoms with Crippen molar-refractivity contribution in [1.29, 1.82) is 0 Å². The molecule has 0 radical (unpaired) electrons. The molecule has 0 aliphatic carbocycles. The van der Waals surface area contributed by atoms with E-state index in [1.807, 2.05) is 0 Å². The first-order valence-corrected chi connectivity index (χ1v) is 8.95. The minimum atomic E-state index is -0.494. The molecule has 1 fully saturated rings. The van der Waals surface area contributed by atoms with Crippen LogP contribution in [-0.4, -0.2) is 35.6 Å². The van der Waals surface area contributed by atoms with Crippen LogP contribution in [0.4, 0.5) is 9.52 Å². The zero-order valence-electron chi connectivity index (χ0n) is 13.8. The highest BCUT2D eigenvalue weighted by molar-refractivity contribution is 7.17. The molecule has 1 atom stereocenters. The highest BCUT2D eigenvalue weighted by atomic mass is 32.1. The molecular formula is C17H20FN3O2S. The third kappa shape index (κ3) is 3.40. The number of pyridine rings is 1. The second-order valence-corrected chi connectivity index (χ2v) is 6.90. The Morgan fingerprint density at radius 1 is 1.50 bits per heavy atom. The Labute approximate surface area is 144 Å². The van der Waals surface area contributed by atoms with Gasteiger partial charge in [-0.1, -0.05) is 18.3 Å². The van der Waals surface area contributed by atoms with Crippen molar-refractivity contribution in [2.75, 3.05) is 24.6 Å². The Balaban J connectivity index is 2.02. The first-order chi connectivity index (χ1) is 11.6. The summed E-state index contributed by atoms with van der Waals surface area (Å²) < 4.78 is 19.3. The number of carbonyl (C=O) groups excluding carboxylic acids is 1. The Hall–Kier alpha value is -2.02. The van der Waals surface area contributed by atoms with Crippen molar-refractivity contribution < 1.29 is 13.9 Å². The van der Waals surface area contributed by atoms with Gasteiger partial charge < -0.3 is 9.64 Å². The smallest absolute Gasteiger partial charge is 0.350 e. The number of halogens is 1. The van der Waals surface area contributed by atoms with Crippen molar-refractivity contribution in [2.45, 2.75) is 26.7 Å². The van der Waals surface area contributed by atoms with Gasteiger partial charge in [0.05, 0.1) is 6.61 Å². The molecule has 0 bridgehead atoms. The standard InChI is InChI=1S/C17H20FN3O2S/c1-3-23-16(22)15-14(13-12(18)7-4-8-19-13)20-17(24-15)21-9-5-6-11(2)10-21/h4,7-8,11H,3,5-6,9-10H2,1-2H3. The molecule has 0 spiro atoms. The third-order valence-corrected chi connectivity index (χ3v) is 5.08. The number of esters is 1. The zero-order chi connectivity index (χ0) is 17.1. The van der Waals surface area contributed by atoms with E-state index in [0.717, 1.165) is 24.6 Å². The normalized spacial score (nSPS) is 17.8. The number of piperidine rings is 1. The number of hydrogen-bond acceptors (Lipinski definition) is 6. The Morgan fingerprint density at radius 3 is 3.04 bits per heavy atom. The lowest BCUT2D eigenvalue weighted by molar-refractivity contribution is 0.0532. The van der Waals surface area contributed by atoms with Crippen molar-refractivity contribution in [3.63, 3.8) is 0 Å². The minimum Gasteiger partial charge on any atom is -0.462 e. The molecule has 0 amide bonds. The van der Waals surface area contributed by atoms with Crippen LogP contribution in [0.1, 0.15) is 36.4 Å². The molecule has 0 N–H and O–H groups in total. The molecule has 7 heteroatoms. The molecule has 3 rings (SSSR count). The Bertz CT molecular complexity index is 734. The molecule has 2 aromatic rings. The van der Waals surface area contributed by atoms with Gasteiger partial charge in [0.25, 0.3) is 0 Å². The number of nitrogens with zero attached hydrogens (tertiary/aromatic N) is 3. The van der Waals surface area contributed by atoms with Crippen molar-refractivity contribution >= 4 is 22.4 Å². The van der Waals surface area contributed by atoms with Crippen LogP contribution in [0.2, 0.25) is 0 Å². The molecule has 1 aliphatic rings. The molecule has 24 heavy (non-hydrogen) atoms. The van der Waals surface area contributed by atoms with Gasteiger partial charge in [0, 0.05) is 19.3 Å². The quantitative estimate of drug-likeness (QED) is 0.787. The molecule has 128 valence electrons. The van der Waals surface area contributed by atoms with Gasteiger partial charge in [-0.3, -0.25) is 4.98 Å². The lowest BCUT2D eigenvalue weighted by Gasteiger charge is -2.30. The fraction of sp³-hybridized carbons (Fsp3) is 0.471. The predicted molar refractivity (Wildman–Crippen MR) is 91.9 cm³/mol. The summed E-state index contributed by atoms with van der Waals surface area (Å²) in [6.45, 7) is 5.99. The van der Waals surface area contributed by atoms with E-state index in [4.69, 9.17) is 4.74 Å². The first kappa shape index (κ1) is 16.8. The van der Waals surface area contributed by atoms with Crippen LogP contribution in [0, 0.1) is 11.7 Å². The van der Waals surface area contributed by atoms with Crippen molar-refractivity contribution in [3.05, 3.63) is 29.0 Å². The van der Waals surface area contributed by atoms with Crippen LogP contribution in [0.15, 0.2) is 18.3 Å². The Morgan fingerprint density at radius 2 is 2.33 bits per heavy atom. The molecule has 5 nitrogen and oxygen atoms in total. The van der Waals surface area contributed by atoms with Gasteiger partial charge in [-0.2, -0.15) is 0 Å². The lowest BCUT2D eigenvalue weighted by atomic mass is 10.0. The van der Waals surface area contributed by atoms with Gasteiger partial charge in [-0.25, -0.2) is 14.2 Å². The molecular weight excluding hydrogens is 329 g/mol. The van der Waals surface area contributed by atoms with Crippen LogP contribution in [-0.2, 0) is 4.74 Å². The SMILES string of the molecule is CCOC(=O)c1sc(N2CCCC(C)C2)nc1-c1ncccc1F. The van der Waals surface area contributed by atoms with E-state index in [0.29, 0.717) is 10.8 Å². The van der Waals surface area contributed by atoms with Crippen molar-refractivity contribution in [1.82, 2.24) is 9.97 Å². The number of hydrogen-bond donors (Lipinski definition) is 0. The van der Waals surface area contributed by atoms with Crippen LogP contribution in [0.5, 0.6) is 0 Å². The van der Waals surface area contributed by atoms with E-state index >= 15 is 0 Å². The summed E-state index contributed by atoms with van der Waals surface area (Å²) in [6.07, 6.45) is 3.77. The van der Waals surface area contributed by atoms with Crippen LogP contribution < -0.4 is 4.90 Å². The van der Waals surface area contributed by atoms with Gasteiger partial charge in [-0.15, -0.1) is 0 Å². The number of carbonyl (C=O) groups is 1. The van der Waals surface area contributed by atoms with E-state index in [1.165, 1.54) is 36.1 Å². The van der Waals surface area contributed by atoms with Crippen molar-refractivity contribution in [3.8, 4) is 11.4 Å². The fourth-order valence-corrected chi connectivity index (χ4v) is 3.86. The summed E-state index contributed by atoms with van der Waals surface area (Å²) in [6, 6.07) is 2.84. The van der Waals surface area contributed by atoms with Crippen LogP contribution >= 0.6 is 11.3 Å². The second-order valence-electron chi connectivity index (χ2n) is 5.92. The average Bonchev–Trinajstić information content (AvgIpc) is 3.01. The van der Waals surface area contributed by atoms with Gasteiger partial charge in [0.15, 0.2) is 10.9 Å². The number of aromatic nitrogens is 2. The van der Waals surface area contributed by atoms with Gasteiger partial charge >= 0.3 is 5.97 Å². The maximum absolute atomic E-state index is 14.2. The monoisotopic (exact) mass is 349 g/mol. The molecule has 1 saturated heterocycles. The third-order valence-electron chi connectivity index (χ3n) is 3.99. The lowest BCUT2D eigenvalue weighted by Crippen LogP contribution is -2.34. The summed E-state index contributed by atoms with van der Waals surface area (Å²) >= 11 is 1.25. The summed E-state index contributed by atoms with van der Waals surface area (Å²) in [5, 5.41) is 0.727. The second kappa shape index (κ2) is 7.25. The summed E-state index contributed by atoms with van der Waals surface area (Å²) in [4.78, 5) is 23.4. The van der Waals surface area contributed by atoms with Crippen molar-refractivity contribution in [2.24, 2.45) is 5.92 Å². The minimum absolute atomic E-state index is 0.0908. The van der Waals surface area contributed by atoms with E-state index in [2.05, 4.69) is 21.8 Å². The molecule has 1 unspecified atom stereocenters. The largest absolute Gasteiger partial charge is 0.462 e. The maximum atomic E-state index is 14.2. The predicted octanol–water partition coefficient (Wildman–Crippen LogP) is 3.76. The maximum Gasteiger partial charge on any atom is 0.350 e. The Kier molecular flexibility index (Phi) is 5.08. The molecule has 0 saturated carbocycles. The number of ether oxygens (including phenoxy) is 1. The first-order valence-electron chi connectivity index (χ1n) is 8.14. The molecule has 1 aliphatic heterocycles. The average molecular weight is 349 g/mol. The van der Waals surface area contributed by atoms with Gasteiger partial charge in [-0.05, 0) is 37.8 Å².